The second-order valence-electron chi connectivity index (χ2n) is 5.39. The Labute approximate surface area is 94.7 Å². The van der Waals surface area contributed by atoms with E-state index in [0.717, 1.165) is 13.0 Å². The lowest BCUT2D eigenvalue weighted by Gasteiger charge is -2.26. The maximum absolute atomic E-state index is 9.35. The number of hydrogen-bond acceptors (Lipinski definition) is 2. The predicted octanol–water partition coefficient (Wildman–Crippen LogP) is 2.52. The number of nitrogens with zero attached hydrogens (tertiary/aromatic N) is 1. The van der Waals surface area contributed by atoms with E-state index in [1.54, 1.807) is 0 Å². The molecule has 0 aromatic heterocycles. The summed E-state index contributed by atoms with van der Waals surface area (Å²) in [6.45, 7) is 8.43. The molecular weight excluding hydrogens is 186 g/mol. The van der Waals surface area contributed by atoms with Crippen LogP contribution in [0, 0.1) is 11.8 Å². The summed E-state index contributed by atoms with van der Waals surface area (Å²) in [5, 5.41) is 9.35. The minimum atomic E-state index is 0.356. The van der Waals surface area contributed by atoms with Gasteiger partial charge in [0, 0.05) is 13.2 Å². The standard InChI is InChI=1S/C13H27NO/c1-12(2)9-13(11-15)10-14-7-5-3-4-6-8-14/h12-13,15H,3-11H2,1-2H3. The Bertz CT molecular complexity index is 151. The Balaban J connectivity index is 2.28. The summed E-state index contributed by atoms with van der Waals surface area (Å²) in [6, 6.07) is 0. The third-order valence-corrected chi connectivity index (χ3v) is 3.28. The molecule has 0 saturated carbocycles. The largest absolute Gasteiger partial charge is 0.396 e. The van der Waals surface area contributed by atoms with Crippen molar-refractivity contribution in [1.29, 1.82) is 0 Å². The van der Waals surface area contributed by atoms with E-state index in [2.05, 4.69) is 18.7 Å². The van der Waals surface area contributed by atoms with Crippen molar-refractivity contribution >= 4 is 0 Å². The van der Waals surface area contributed by atoms with Gasteiger partial charge >= 0.3 is 0 Å². The van der Waals surface area contributed by atoms with Crippen LogP contribution in [0.3, 0.4) is 0 Å². The maximum Gasteiger partial charge on any atom is 0.0471 e. The topological polar surface area (TPSA) is 23.5 Å². The lowest BCUT2D eigenvalue weighted by atomic mass is 9.97. The summed E-state index contributed by atoms with van der Waals surface area (Å²) in [6.07, 6.45) is 6.64. The Morgan fingerprint density at radius 1 is 1.07 bits per heavy atom. The van der Waals surface area contributed by atoms with Gasteiger partial charge in [-0.1, -0.05) is 26.7 Å². The number of aliphatic hydroxyl groups is 1. The molecule has 1 N–H and O–H groups in total. The fraction of sp³-hybridized carbons (Fsp3) is 1.00. The van der Waals surface area contributed by atoms with Crippen molar-refractivity contribution in [3.05, 3.63) is 0 Å². The maximum atomic E-state index is 9.35. The second-order valence-corrected chi connectivity index (χ2v) is 5.39. The second kappa shape index (κ2) is 7.24. The first-order valence-electron chi connectivity index (χ1n) is 6.55. The summed E-state index contributed by atoms with van der Waals surface area (Å²) in [5.74, 6) is 1.19. The van der Waals surface area contributed by atoms with E-state index < -0.39 is 0 Å². The molecule has 15 heavy (non-hydrogen) atoms. The van der Waals surface area contributed by atoms with Gasteiger partial charge in [-0.05, 0) is 44.2 Å². The van der Waals surface area contributed by atoms with Gasteiger partial charge < -0.3 is 10.0 Å². The molecule has 0 aromatic carbocycles. The summed E-state index contributed by atoms with van der Waals surface area (Å²) in [5.41, 5.74) is 0. The minimum absolute atomic E-state index is 0.356. The number of hydrogen-bond donors (Lipinski definition) is 1. The van der Waals surface area contributed by atoms with E-state index in [9.17, 15) is 5.11 Å². The van der Waals surface area contributed by atoms with Gasteiger partial charge in [-0.2, -0.15) is 0 Å². The van der Waals surface area contributed by atoms with E-state index in [1.807, 2.05) is 0 Å². The van der Waals surface area contributed by atoms with Gasteiger partial charge in [0.15, 0.2) is 0 Å². The minimum Gasteiger partial charge on any atom is -0.396 e. The first-order chi connectivity index (χ1) is 7.22. The lowest BCUT2D eigenvalue weighted by molar-refractivity contribution is 0.149. The van der Waals surface area contributed by atoms with E-state index >= 15 is 0 Å². The SMILES string of the molecule is CC(C)CC(CO)CN1CCCCCC1. The Morgan fingerprint density at radius 3 is 2.13 bits per heavy atom. The number of rotatable bonds is 5. The van der Waals surface area contributed by atoms with Crippen LogP contribution >= 0.6 is 0 Å². The molecule has 0 radical (unpaired) electrons. The van der Waals surface area contributed by atoms with Crippen LogP contribution in [0.5, 0.6) is 0 Å². The highest BCUT2D eigenvalue weighted by molar-refractivity contribution is 4.69. The third kappa shape index (κ3) is 5.53. The quantitative estimate of drug-likeness (QED) is 0.758. The van der Waals surface area contributed by atoms with Crippen molar-refractivity contribution in [1.82, 2.24) is 4.90 Å². The van der Waals surface area contributed by atoms with Crippen molar-refractivity contribution in [2.24, 2.45) is 11.8 Å². The molecule has 90 valence electrons. The molecule has 0 amide bonds. The van der Waals surface area contributed by atoms with Gasteiger partial charge in [-0.25, -0.2) is 0 Å². The molecule has 1 heterocycles. The summed E-state index contributed by atoms with van der Waals surface area (Å²) >= 11 is 0. The molecule has 0 aliphatic carbocycles. The Morgan fingerprint density at radius 2 is 1.67 bits per heavy atom. The van der Waals surface area contributed by atoms with Crippen molar-refractivity contribution in [2.75, 3.05) is 26.2 Å². The van der Waals surface area contributed by atoms with Gasteiger partial charge in [-0.15, -0.1) is 0 Å². The average Bonchev–Trinajstić information content (AvgIpc) is 2.44. The summed E-state index contributed by atoms with van der Waals surface area (Å²) < 4.78 is 0. The van der Waals surface area contributed by atoms with Crippen LogP contribution < -0.4 is 0 Å². The van der Waals surface area contributed by atoms with E-state index in [4.69, 9.17) is 0 Å². The molecule has 1 saturated heterocycles. The van der Waals surface area contributed by atoms with Gasteiger partial charge in [0.25, 0.3) is 0 Å². The monoisotopic (exact) mass is 213 g/mol. The zero-order chi connectivity index (χ0) is 11.1. The van der Waals surface area contributed by atoms with Crippen LogP contribution in [0.1, 0.15) is 46.0 Å². The van der Waals surface area contributed by atoms with Gasteiger partial charge in [-0.3, -0.25) is 0 Å². The molecule has 0 bridgehead atoms. The van der Waals surface area contributed by atoms with Crippen LogP contribution in [0.4, 0.5) is 0 Å². The summed E-state index contributed by atoms with van der Waals surface area (Å²) in [7, 11) is 0. The Hall–Kier alpha value is -0.0800. The number of likely N-dealkylation sites (tertiary alicyclic amines) is 1. The van der Waals surface area contributed by atoms with Crippen molar-refractivity contribution < 1.29 is 5.11 Å². The summed E-state index contributed by atoms with van der Waals surface area (Å²) in [4.78, 5) is 2.55. The highest BCUT2D eigenvalue weighted by Crippen LogP contribution is 2.16. The first kappa shape index (κ1) is 13.0. The van der Waals surface area contributed by atoms with Crippen molar-refractivity contribution in [2.45, 2.75) is 46.0 Å². The molecule has 2 heteroatoms. The van der Waals surface area contributed by atoms with E-state index in [1.165, 1.54) is 38.8 Å². The molecule has 1 rings (SSSR count). The third-order valence-electron chi connectivity index (χ3n) is 3.28. The predicted molar refractivity (Wildman–Crippen MR) is 64.9 cm³/mol. The van der Waals surface area contributed by atoms with Crippen LogP contribution in [0.15, 0.2) is 0 Å². The van der Waals surface area contributed by atoms with Gasteiger partial charge in [0.2, 0.25) is 0 Å². The molecule has 0 spiro atoms. The molecule has 0 aromatic rings. The average molecular weight is 213 g/mol. The first-order valence-corrected chi connectivity index (χ1v) is 6.55. The van der Waals surface area contributed by atoms with Gasteiger partial charge in [0.05, 0.1) is 0 Å². The Kier molecular flexibility index (Phi) is 6.26. The molecule has 2 nitrogen and oxygen atoms in total. The normalized spacial score (nSPS) is 21.6. The van der Waals surface area contributed by atoms with Crippen molar-refractivity contribution in [3.63, 3.8) is 0 Å². The lowest BCUT2D eigenvalue weighted by Crippen LogP contribution is -2.32. The van der Waals surface area contributed by atoms with Crippen LogP contribution in [-0.2, 0) is 0 Å². The van der Waals surface area contributed by atoms with Crippen molar-refractivity contribution in [3.8, 4) is 0 Å². The highest BCUT2D eigenvalue weighted by Gasteiger charge is 2.15. The van der Waals surface area contributed by atoms with Crippen LogP contribution in [-0.4, -0.2) is 36.2 Å². The molecule has 1 fully saturated rings. The highest BCUT2D eigenvalue weighted by atomic mass is 16.3. The number of aliphatic hydroxyl groups excluding tert-OH is 1. The molecule has 1 unspecified atom stereocenters. The van der Waals surface area contributed by atoms with Crippen LogP contribution in [0.2, 0.25) is 0 Å². The molecule has 1 aliphatic heterocycles. The zero-order valence-electron chi connectivity index (χ0n) is 10.4. The van der Waals surface area contributed by atoms with Crippen LogP contribution in [0.25, 0.3) is 0 Å². The molecular formula is C13H27NO. The fourth-order valence-corrected chi connectivity index (χ4v) is 2.56. The molecule has 1 aliphatic rings. The van der Waals surface area contributed by atoms with Gasteiger partial charge in [0.1, 0.15) is 0 Å². The van der Waals surface area contributed by atoms with E-state index in [-0.39, 0.29) is 0 Å². The zero-order valence-corrected chi connectivity index (χ0v) is 10.4. The van der Waals surface area contributed by atoms with E-state index in [0.29, 0.717) is 18.4 Å². The smallest absolute Gasteiger partial charge is 0.0471 e. The molecule has 1 atom stereocenters. The fourth-order valence-electron chi connectivity index (χ4n) is 2.56.